The number of aliphatic hydroxyl groups is 3. The van der Waals surface area contributed by atoms with Gasteiger partial charge < -0.3 is 43.9 Å². The average Bonchev–Trinajstić information content (AvgIpc) is 3.30. The Balaban J connectivity index is 1.67. The summed E-state index contributed by atoms with van der Waals surface area (Å²) < 4.78 is 57.1. The van der Waals surface area contributed by atoms with Gasteiger partial charge in [0, 0.05) is 59.1 Å². The highest BCUT2D eigenvalue weighted by molar-refractivity contribution is 7.89. The van der Waals surface area contributed by atoms with Crippen LogP contribution in [0.1, 0.15) is 124 Å². The van der Waals surface area contributed by atoms with Crippen molar-refractivity contribution in [2.24, 2.45) is 11.8 Å². The SMILES string of the molecule is COCCS(=O)(=O)NC1C[C@@H]2CC[C@@H](C)[C@@](O)(O2)C(=O)C(=O)N2CCCC[C@H]2C(=O)O[C@H](CC[C@@H]2CC[C@@H](O)[C@H](OC)C2)CC(=O)C/C=C(\C)[C@@H](O)[C@@H](OC)C(=O)CCC/C=C/C=CC=C1C. The maximum atomic E-state index is 14.2. The van der Waals surface area contributed by atoms with Crippen molar-refractivity contribution in [3.63, 3.8) is 0 Å². The standard InChI is InChI=1S/C49H76N2O15S/c1-32-15-11-9-7-8-10-12-17-42(54)45(64-6)44(55)33(2)18-22-36(52)30-37(24-20-35-21-25-41(53)43(29-35)63-5)65-48(58)40-16-13-14-26-51(40)47(57)46(56)49(59)34(3)19-23-38(66-49)31-39(32)50-67(60,61)28-27-62-4/h7-9,11,15,18,34-35,37-41,43-45,50,53,55,59H,10,12-14,16-17,19-31H2,1-6H3/b8-7+,11-9?,32-15?,33-18+/t34-,35-,37-,38+,39?,40+,41-,43-,44-,45+,49-/m1/s1. The van der Waals surface area contributed by atoms with Crippen LogP contribution >= 0.6 is 0 Å². The maximum absolute atomic E-state index is 14.2. The molecule has 0 aromatic carbocycles. The van der Waals surface area contributed by atoms with Crippen LogP contribution in [0.4, 0.5) is 0 Å². The summed E-state index contributed by atoms with van der Waals surface area (Å²) in [5.74, 6) is -7.35. The van der Waals surface area contributed by atoms with E-state index < -0.39 is 82.0 Å². The molecule has 67 heavy (non-hydrogen) atoms. The zero-order valence-electron chi connectivity index (χ0n) is 40.3. The number of cyclic esters (lactones) is 1. The molecule has 2 saturated heterocycles. The second kappa shape index (κ2) is 27.1. The molecule has 3 fully saturated rings. The molecule has 0 spiro atoms. The summed E-state index contributed by atoms with van der Waals surface area (Å²) in [7, 11) is 0.406. The number of hydrogen-bond acceptors (Lipinski definition) is 15. The molecular formula is C49H76N2O15S. The van der Waals surface area contributed by atoms with E-state index in [1.54, 1.807) is 52.2 Å². The van der Waals surface area contributed by atoms with Crippen molar-refractivity contribution in [3.05, 3.63) is 47.6 Å². The van der Waals surface area contributed by atoms with Crippen molar-refractivity contribution in [2.75, 3.05) is 40.2 Å². The van der Waals surface area contributed by atoms with E-state index in [0.29, 0.717) is 68.9 Å². The van der Waals surface area contributed by atoms with Crippen molar-refractivity contribution in [1.82, 2.24) is 9.62 Å². The molecule has 3 aliphatic heterocycles. The smallest absolute Gasteiger partial charge is 0.329 e. The van der Waals surface area contributed by atoms with Crippen LogP contribution in [0.25, 0.3) is 0 Å². The van der Waals surface area contributed by atoms with Crippen LogP contribution in [-0.2, 0) is 57.7 Å². The highest BCUT2D eigenvalue weighted by Crippen LogP contribution is 2.37. The molecule has 0 aromatic rings. The van der Waals surface area contributed by atoms with Gasteiger partial charge in [0.05, 0.1) is 30.7 Å². The Hall–Kier alpha value is -3.46. The van der Waals surface area contributed by atoms with Gasteiger partial charge in [0.2, 0.25) is 15.8 Å². The largest absolute Gasteiger partial charge is 0.460 e. The molecule has 1 amide bonds. The highest BCUT2D eigenvalue weighted by atomic mass is 32.2. The number of ketones is 3. The third kappa shape index (κ3) is 16.6. The number of Topliss-reactive ketones (excluding diaryl/α,β-unsaturated/α-hetero) is 3. The fourth-order valence-electron chi connectivity index (χ4n) is 9.35. The van der Waals surface area contributed by atoms with Gasteiger partial charge in [0.15, 0.2) is 5.78 Å². The van der Waals surface area contributed by atoms with E-state index >= 15 is 0 Å². The van der Waals surface area contributed by atoms with Gasteiger partial charge in [-0.15, -0.1) is 0 Å². The summed E-state index contributed by atoms with van der Waals surface area (Å²) in [6.07, 6.45) is 10.5. The number of fused-ring (bicyclic) bond motifs is 3. The number of aliphatic hydroxyl groups excluding tert-OH is 2. The molecule has 4 N–H and O–H groups in total. The number of sulfonamides is 1. The van der Waals surface area contributed by atoms with Crippen LogP contribution in [0.15, 0.2) is 47.6 Å². The first kappa shape index (κ1) is 56.1. The zero-order chi connectivity index (χ0) is 49.3. The first-order valence-electron chi connectivity index (χ1n) is 23.9. The molecule has 18 heteroatoms. The molecule has 3 heterocycles. The van der Waals surface area contributed by atoms with E-state index in [1.807, 2.05) is 6.08 Å². The lowest BCUT2D eigenvalue weighted by atomic mass is 9.82. The lowest BCUT2D eigenvalue weighted by molar-refractivity contribution is -0.264. The van der Waals surface area contributed by atoms with Gasteiger partial charge in [-0.25, -0.2) is 17.9 Å². The maximum Gasteiger partial charge on any atom is 0.329 e. The lowest BCUT2D eigenvalue weighted by Gasteiger charge is -2.42. The Labute approximate surface area is 396 Å². The number of methoxy groups -OCH3 is 3. The summed E-state index contributed by atoms with van der Waals surface area (Å²) in [6.45, 7) is 4.91. The zero-order valence-corrected chi connectivity index (χ0v) is 41.1. The molecule has 0 radical (unpaired) electrons. The van der Waals surface area contributed by atoms with Crippen LogP contribution in [0.2, 0.25) is 0 Å². The van der Waals surface area contributed by atoms with E-state index in [-0.39, 0.29) is 87.4 Å². The fraction of sp³-hybridized carbons (Fsp3) is 0.735. The minimum atomic E-state index is -3.87. The number of ether oxygens (including phenoxy) is 5. The fourth-order valence-corrected chi connectivity index (χ4v) is 10.6. The summed E-state index contributed by atoms with van der Waals surface area (Å²) >= 11 is 0. The summed E-state index contributed by atoms with van der Waals surface area (Å²) in [5.41, 5.74) is 0.967. The normalized spacial score (nSPS) is 34.7. The number of nitrogens with one attached hydrogen (secondary N) is 1. The molecule has 4 aliphatic rings. The molecule has 17 nitrogen and oxygen atoms in total. The Morgan fingerprint density at radius 3 is 2.37 bits per heavy atom. The van der Waals surface area contributed by atoms with Crippen LogP contribution in [0.5, 0.6) is 0 Å². The van der Waals surface area contributed by atoms with Crippen LogP contribution in [0, 0.1) is 11.8 Å². The number of carbonyl (C=O) groups is 5. The summed E-state index contributed by atoms with van der Waals surface area (Å²) in [6, 6.07) is -2.03. The number of allylic oxidation sites excluding steroid dienone is 6. The number of carbonyl (C=O) groups excluding carboxylic acids is 5. The quantitative estimate of drug-likeness (QED) is 0.137. The second-order valence-corrected chi connectivity index (χ2v) is 20.6. The van der Waals surface area contributed by atoms with Gasteiger partial charge in [-0.05, 0) is 109 Å². The molecule has 1 saturated carbocycles. The number of nitrogens with zero attached hydrogens (tertiary/aromatic N) is 1. The topological polar surface area (TPSA) is 242 Å². The van der Waals surface area contributed by atoms with E-state index in [1.165, 1.54) is 20.3 Å². The van der Waals surface area contributed by atoms with E-state index in [2.05, 4.69) is 4.72 Å². The van der Waals surface area contributed by atoms with Crippen molar-refractivity contribution in [2.45, 2.75) is 178 Å². The van der Waals surface area contributed by atoms with Gasteiger partial charge in [-0.2, -0.15) is 0 Å². The van der Waals surface area contributed by atoms with E-state index in [4.69, 9.17) is 23.7 Å². The molecule has 4 rings (SSSR count). The monoisotopic (exact) mass is 964 g/mol. The number of rotatable bonds is 10. The van der Waals surface area contributed by atoms with Gasteiger partial charge in [0.1, 0.15) is 30.1 Å². The first-order valence-corrected chi connectivity index (χ1v) is 25.6. The Kier molecular flexibility index (Phi) is 22.7. The van der Waals surface area contributed by atoms with Gasteiger partial charge in [-0.1, -0.05) is 49.0 Å². The number of piperidine rings is 1. The van der Waals surface area contributed by atoms with E-state index in [0.717, 1.165) is 4.90 Å². The minimum absolute atomic E-state index is 0.0152. The number of hydrogen-bond donors (Lipinski definition) is 4. The summed E-state index contributed by atoms with van der Waals surface area (Å²) in [4.78, 5) is 70.6. The lowest BCUT2D eigenvalue weighted by Crippen LogP contribution is -2.61. The third-order valence-corrected chi connectivity index (χ3v) is 15.1. The molecule has 11 atom stereocenters. The van der Waals surface area contributed by atoms with Crippen molar-refractivity contribution >= 4 is 39.2 Å². The van der Waals surface area contributed by atoms with Crippen molar-refractivity contribution < 1.29 is 71.4 Å². The molecular weight excluding hydrogens is 889 g/mol. The second-order valence-electron chi connectivity index (χ2n) is 18.7. The van der Waals surface area contributed by atoms with Gasteiger partial charge in [-0.3, -0.25) is 19.2 Å². The minimum Gasteiger partial charge on any atom is -0.460 e. The molecule has 0 aromatic heterocycles. The summed E-state index contributed by atoms with van der Waals surface area (Å²) in [5, 5.41) is 33.5. The predicted molar refractivity (Wildman–Crippen MR) is 249 cm³/mol. The Bertz CT molecular complexity index is 1920. The van der Waals surface area contributed by atoms with Crippen LogP contribution < -0.4 is 4.72 Å². The van der Waals surface area contributed by atoms with Gasteiger partial charge >= 0.3 is 5.97 Å². The highest BCUT2D eigenvalue weighted by Gasteiger charge is 2.53. The Morgan fingerprint density at radius 1 is 0.896 bits per heavy atom. The average molecular weight is 965 g/mol. The number of amides is 1. The van der Waals surface area contributed by atoms with E-state index in [9.17, 15) is 47.7 Å². The third-order valence-electron chi connectivity index (χ3n) is 13.7. The predicted octanol–water partition coefficient (Wildman–Crippen LogP) is 4.12. The van der Waals surface area contributed by atoms with Crippen LogP contribution in [0.3, 0.4) is 0 Å². The van der Waals surface area contributed by atoms with Crippen LogP contribution in [-0.4, -0.2) is 153 Å². The first-order chi connectivity index (χ1) is 31.8. The van der Waals surface area contributed by atoms with Crippen molar-refractivity contribution in [3.8, 4) is 0 Å². The molecule has 1 unspecified atom stereocenters. The van der Waals surface area contributed by atoms with Crippen molar-refractivity contribution in [1.29, 1.82) is 0 Å². The molecule has 2 bridgehead atoms. The Morgan fingerprint density at radius 2 is 1.66 bits per heavy atom. The van der Waals surface area contributed by atoms with Gasteiger partial charge in [0.25, 0.3) is 11.7 Å². The molecule has 1 aliphatic carbocycles. The molecule has 378 valence electrons. The number of esters is 1.